The van der Waals surface area contributed by atoms with Crippen molar-refractivity contribution in [2.75, 3.05) is 32.6 Å². The zero-order valence-electron chi connectivity index (χ0n) is 18.8. The van der Waals surface area contributed by atoms with Gasteiger partial charge in [-0.25, -0.2) is 18.4 Å². The van der Waals surface area contributed by atoms with Gasteiger partial charge < -0.3 is 9.47 Å². The van der Waals surface area contributed by atoms with Gasteiger partial charge in [-0.05, 0) is 17.0 Å². The van der Waals surface area contributed by atoms with E-state index in [2.05, 4.69) is 42.9 Å². The van der Waals surface area contributed by atoms with Crippen LogP contribution in [0.15, 0.2) is 42.7 Å². The summed E-state index contributed by atoms with van der Waals surface area (Å²) >= 11 is 0. The molecule has 1 fully saturated rings. The molecule has 1 aromatic carbocycles. The molecule has 2 aromatic heterocycles. The summed E-state index contributed by atoms with van der Waals surface area (Å²) in [5.41, 5.74) is 4.22. The quantitative estimate of drug-likeness (QED) is 0.582. The van der Waals surface area contributed by atoms with E-state index in [1.54, 1.807) is 12.4 Å². The Morgan fingerprint density at radius 1 is 1.16 bits per heavy atom. The number of hydrogen-bond acceptors (Lipinski definition) is 7. The molecule has 1 saturated heterocycles. The summed E-state index contributed by atoms with van der Waals surface area (Å²) in [6.07, 6.45) is 4.04. The van der Waals surface area contributed by atoms with E-state index in [4.69, 9.17) is 14.5 Å². The second kappa shape index (κ2) is 8.73. The first-order chi connectivity index (χ1) is 15.1. The minimum absolute atomic E-state index is 0.0644. The molecular weight excluding hydrogens is 428 g/mol. The van der Waals surface area contributed by atoms with Crippen LogP contribution >= 0.6 is 0 Å². The van der Waals surface area contributed by atoms with Crippen molar-refractivity contribution in [3.63, 3.8) is 0 Å². The largest absolute Gasteiger partial charge is 0.473 e. The van der Waals surface area contributed by atoms with Crippen LogP contribution in [0.25, 0.3) is 22.3 Å². The van der Waals surface area contributed by atoms with E-state index in [1.165, 1.54) is 16.1 Å². The van der Waals surface area contributed by atoms with Gasteiger partial charge in [-0.15, -0.1) is 0 Å². The molecule has 0 aliphatic carbocycles. The summed E-state index contributed by atoms with van der Waals surface area (Å²) in [5.74, 6) is 0.352. The van der Waals surface area contributed by atoms with E-state index in [0.29, 0.717) is 30.1 Å². The first-order valence-electron chi connectivity index (χ1n) is 10.5. The van der Waals surface area contributed by atoms with E-state index < -0.39 is 10.0 Å². The van der Waals surface area contributed by atoms with Crippen LogP contribution < -0.4 is 4.74 Å². The number of morpholine rings is 1. The van der Waals surface area contributed by atoms with Crippen molar-refractivity contribution in [1.82, 2.24) is 19.3 Å². The molecule has 0 spiro atoms. The van der Waals surface area contributed by atoms with E-state index in [0.717, 1.165) is 11.3 Å². The minimum Gasteiger partial charge on any atom is -0.473 e. The molecule has 0 unspecified atom stereocenters. The van der Waals surface area contributed by atoms with Crippen molar-refractivity contribution in [2.45, 2.75) is 32.3 Å². The summed E-state index contributed by atoms with van der Waals surface area (Å²) < 4.78 is 36.8. The van der Waals surface area contributed by atoms with E-state index >= 15 is 0 Å². The van der Waals surface area contributed by atoms with Crippen LogP contribution in [0.1, 0.15) is 26.3 Å². The molecule has 1 atom stereocenters. The zero-order valence-corrected chi connectivity index (χ0v) is 19.6. The third kappa shape index (κ3) is 5.06. The number of ether oxygens (including phenoxy) is 2. The maximum Gasteiger partial charge on any atom is 0.242 e. The zero-order chi connectivity index (χ0) is 22.9. The Kier molecular flexibility index (Phi) is 6.15. The van der Waals surface area contributed by atoms with Crippen LogP contribution in [0.2, 0.25) is 0 Å². The van der Waals surface area contributed by atoms with Crippen molar-refractivity contribution >= 4 is 21.1 Å². The smallest absolute Gasteiger partial charge is 0.242 e. The third-order valence-corrected chi connectivity index (χ3v) is 6.72. The van der Waals surface area contributed by atoms with Gasteiger partial charge in [0.15, 0.2) is 5.52 Å². The molecule has 4 rings (SSSR count). The van der Waals surface area contributed by atoms with Crippen molar-refractivity contribution < 1.29 is 17.9 Å². The number of hydrogen-bond donors (Lipinski definition) is 0. The Balaban J connectivity index is 1.60. The van der Waals surface area contributed by atoms with Crippen molar-refractivity contribution in [2.24, 2.45) is 0 Å². The van der Waals surface area contributed by atoms with E-state index in [-0.39, 0.29) is 24.7 Å². The monoisotopic (exact) mass is 456 g/mol. The number of fused-ring (bicyclic) bond motifs is 1. The predicted octanol–water partition coefficient (Wildman–Crippen LogP) is 3.03. The Labute approximate surface area is 188 Å². The molecule has 0 N–H and O–H groups in total. The molecule has 170 valence electrons. The van der Waals surface area contributed by atoms with Crippen molar-refractivity contribution in [1.29, 1.82) is 0 Å². The molecule has 1 aliphatic rings. The van der Waals surface area contributed by atoms with Crippen LogP contribution in [-0.4, -0.2) is 66.3 Å². The third-order valence-electron chi connectivity index (χ3n) is 5.45. The number of pyridine rings is 1. The van der Waals surface area contributed by atoms with Crippen LogP contribution in [0, 0.1) is 0 Å². The molecule has 32 heavy (non-hydrogen) atoms. The Hall–Kier alpha value is -2.62. The lowest BCUT2D eigenvalue weighted by atomic mass is 9.86. The summed E-state index contributed by atoms with van der Waals surface area (Å²) in [4.78, 5) is 13.5. The Morgan fingerprint density at radius 2 is 1.88 bits per heavy atom. The average molecular weight is 457 g/mol. The van der Waals surface area contributed by atoms with Gasteiger partial charge in [0.2, 0.25) is 15.9 Å². The van der Waals surface area contributed by atoms with Gasteiger partial charge in [0.1, 0.15) is 12.7 Å². The van der Waals surface area contributed by atoms with Gasteiger partial charge >= 0.3 is 0 Å². The molecule has 0 bridgehead atoms. The highest BCUT2D eigenvalue weighted by molar-refractivity contribution is 7.88. The number of nitrogens with zero attached hydrogens (tertiary/aromatic N) is 4. The number of aromatic nitrogens is 3. The standard InChI is InChI=1S/C23H28N4O4S/c1-23(2,3)17-7-5-16(6-8-17)19-13-20-21(25-10-9-24-20)22(26-19)31-15-18-14-27(11-12-30-18)32(4,28)29/h5-10,13,18H,11-12,14-15H2,1-4H3/t18-/m0/s1. The van der Waals surface area contributed by atoms with Crippen LogP contribution in [0.3, 0.4) is 0 Å². The molecule has 0 amide bonds. The van der Waals surface area contributed by atoms with E-state index in [1.807, 2.05) is 18.2 Å². The van der Waals surface area contributed by atoms with Crippen molar-refractivity contribution in [3.05, 3.63) is 48.3 Å². The molecule has 0 radical (unpaired) electrons. The SMILES string of the molecule is CC(C)(C)c1ccc(-c2cc3nccnc3c(OC[C@@H]3CN(S(C)(=O)=O)CCO3)n2)cc1. The first kappa shape index (κ1) is 22.6. The van der Waals surface area contributed by atoms with Gasteiger partial charge in [0.05, 0.1) is 24.1 Å². The first-order valence-corrected chi connectivity index (χ1v) is 12.4. The second-order valence-electron chi connectivity index (χ2n) is 8.99. The summed E-state index contributed by atoms with van der Waals surface area (Å²) in [6, 6.07) is 10.2. The van der Waals surface area contributed by atoms with Gasteiger partial charge in [-0.3, -0.25) is 4.98 Å². The molecular formula is C23H28N4O4S. The fourth-order valence-corrected chi connectivity index (χ4v) is 4.44. The van der Waals surface area contributed by atoms with Gasteiger partial charge in [-0.1, -0.05) is 45.0 Å². The van der Waals surface area contributed by atoms with E-state index in [9.17, 15) is 8.42 Å². The van der Waals surface area contributed by atoms with Crippen LogP contribution in [0.5, 0.6) is 5.88 Å². The van der Waals surface area contributed by atoms with Crippen molar-refractivity contribution in [3.8, 4) is 17.1 Å². The lowest BCUT2D eigenvalue weighted by molar-refractivity contribution is -0.0252. The Bertz CT molecular complexity index is 1210. The highest BCUT2D eigenvalue weighted by Crippen LogP contribution is 2.29. The van der Waals surface area contributed by atoms with Crippen LogP contribution in [-0.2, 0) is 20.2 Å². The highest BCUT2D eigenvalue weighted by atomic mass is 32.2. The molecule has 3 heterocycles. The fourth-order valence-electron chi connectivity index (χ4n) is 3.60. The van der Waals surface area contributed by atoms with Gasteiger partial charge in [0, 0.05) is 31.0 Å². The predicted molar refractivity (Wildman–Crippen MR) is 123 cm³/mol. The minimum atomic E-state index is -3.27. The maximum atomic E-state index is 11.9. The average Bonchev–Trinajstić information content (AvgIpc) is 2.76. The van der Waals surface area contributed by atoms with Gasteiger partial charge in [0.25, 0.3) is 0 Å². The number of benzene rings is 1. The lowest BCUT2D eigenvalue weighted by Crippen LogP contribution is -2.47. The number of sulfonamides is 1. The lowest BCUT2D eigenvalue weighted by Gasteiger charge is -2.30. The maximum absolute atomic E-state index is 11.9. The Morgan fingerprint density at radius 3 is 2.56 bits per heavy atom. The fraction of sp³-hybridized carbons (Fsp3) is 0.435. The molecule has 3 aromatic rings. The molecule has 1 aliphatic heterocycles. The number of rotatable bonds is 5. The van der Waals surface area contributed by atoms with Gasteiger partial charge in [-0.2, -0.15) is 4.31 Å². The van der Waals surface area contributed by atoms with Crippen LogP contribution in [0.4, 0.5) is 0 Å². The summed E-state index contributed by atoms with van der Waals surface area (Å²) in [7, 11) is -3.27. The molecule has 0 saturated carbocycles. The molecule has 9 heteroatoms. The topological polar surface area (TPSA) is 94.5 Å². The highest BCUT2D eigenvalue weighted by Gasteiger charge is 2.27. The second-order valence-corrected chi connectivity index (χ2v) is 11.0. The summed E-state index contributed by atoms with van der Waals surface area (Å²) in [6.45, 7) is 7.62. The summed E-state index contributed by atoms with van der Waals surface area (Å²) in [5, 5.41) is 0. The molecule has 8 nitrogen and oxygen atoms in total. The normalized spacial score (nSPS) is 18.1.